The van der Waals surface area contributed by atoms with Crippen molar-refractivity contribution in [1.82, 2.24) is 9.88 Å². The van der Waals surface area contributed by atoms with Crippen LogP contribution in [0.3, 0.4) is 0 Å². The Balaban J connectivity index is 1.39. The summed E-state index contributed by atoms with van der Waals surface area (Å²) >= 11 is 0. The van der Waals surface area contributed by atoms with E-state index in [1.165, 1.54) is 18.3 Å². The van der Waals surface area contributed by atoms with Crippen molar-refractivity contribution in [2.24, 2.45) is 5.92 Å². The summed E-state index contributed by atoms with van der Waals surface area (Å²) in [6.07, 6.45) is 2.28. The molecule has 1 atom stereocenters. The number of hydrogen-bond acceptors (Lipinski definition) is 5. The fraction of sp³-hybridized carbons (Fsp3) is 0.350. The smallest absolute Gasteiger partial charge is 0.254 e. The topological polar surface area (TPSA) is 75.5 Å². The number of benzene rings is 1. The van der Waals surface area contributed by atoms with E-state index in [0.717, 1.165) is 6.42 Å². The third-order valence-electron chi connectivity index (χ3n) is 5.19. The van der Waals surface area contributed by atoms with Gasteiger partial charge in [-0.05, 0) is 36.8 Å². The van der Waals surface area contributed by atoms with E-state index in [9.17, 15) is 9.18 Å². The predicted molar refractivity (Wildman–Crippen MR) is 93.5 cm³/mol. The molecule has 1 spiro atoms. The SMILES string of the molecule is N#Cc1cccc(C(=O)N2CC3(C2)OCCC3COc2ncccc2F)c1. The molecule has 1 unspecified atom stereocenters. The van der Waals surface area contributed by atoms with Crippen molar-refractivity contribution in [2.45, 2.75) is 12.0 Å². The second-order valence-corrected chi connectivity index (χ2v) is 6.85. The molecule has 2 aliphatic rings. The van der Waals surface area contributed by atoms with Crippen LogP contribution in [0.4, 0.5) is 4.39 Å². The average Bonchev–Trinajstić information content (AvgIpc) is 3.09. The normalized spacial score (nSPS) is 20.1. The summed E-state index contributed by atoms with van der Waals surface area (Å²) in [5.74, 6) is -0.564. The van der Waals surface area contributed by atoms with E-state index in [-0.39, 0.29) is 17.7 Å². The number of carbonyl (C=O) groups excluding carboxylic acids is 1. The maximum atomic E-state index is 13.7. The molecule has 0 radical (unpaired) electrons. The number of likely N-dealkylation sites (tertiary alicyclic amines) is 1. The standard InChI is InChI=1S/C20H18FN3O3/c21-17-5-2-7-23-18(17)26-11-16-6-8-27-20(16)12-24(13-20)19(25)15-4-1-3-14(9-15)10-22/h1-5,7,9,16H,6,8,11-13H2. The van der Waals surface area contributed by atoms with Crippen LogP contribution in [0.15, 0.2) is 42.6 Å². The summed E-state index contributed by atoms with van der Waals surface area (Å²) in [4.78, 5) is 18.2. The molecule has 0 N–H and O–H groups in total. The molecule has 3 heterocycles. The van der Waals surface area contributed by atoms with E-state index in [4.69, 9.17) is 14.7 Å². The Labute approximate surface area is 156 Å². The summed E-state index contributed by atoms with van der Waals surface area (Å²) < 4.78 is 25.2. The van der Waals surface area contributed by atoms with E-state index in [2.05, 4.69) is 4.98 Å². The number of aromatic nitrogens is 1. The molecule has 0 aliphatic carbocycles. The van der Waals surface area contributed by atoms with Crippen LogP contribution < -0.4 is 4.74 Å². The van der Waals surface area contributed by atoms with E-state index >= 15 is 0 Å². The summed E-state index contributed by atoms with van der Waals surface area (Å²) in [5, 5.41) is 8.99. The van der Waals surface area contributed by atoms with Crippen LogP contribution in [0, 0.1) is 23.1 Å². The van der Waals surface area contributed by atoms with Crippen molar-refractivity contribution < 1.29 is 18.7 Å². The molecule has 1 amide bonds. The zero-order valence-corrected chi connectivity index (χ0v) is 14.6. The third kappa shape index (κ3) is 3.24. The molecule has 4 rings (SSSR count). The van der Waals surface area contributed by atoms with Gasteiger partial charge in [0, 0.05) is 24.3 Å². The van der Waals surface area contributed by atoms with Gasteiger partial charge in [0.15, 0.2) is 5.82 Å². The Bertz CT molecular complexity index is 905. The fourth-order valence-corrected chi connectivity index (χ4v) is 3.67. The van der Waals surface area contributed by atoms with Crippen molar-refractivity contribution in [3.05, 3.63) is 59.5 Å². The summed E-state index contributed by atoms with van der Waals surface area (Å²) in [7, 11) is 0. The van der Waals surface area contributed by atoms with Crippen molar-refractivity contribution in [2.75, 3.05) is 26.3 Å². The van der Waals surface area contributed by atoms with Crippen LogP contribution in [0.1, 0.15) is 22.3 Å². The van der Waals surface area contributed by atoms with Gasteiger partial charge in [0.05, 0.1) is 31.3 Å². The number of hydrogen-bond donors (Lipinski definition) is 0. The minimum absolute atomic E-state index is 0.0138. The van der Waals surface area contributed by atoms with Gasteiger partial charge in [-0.3, -0.25) is 4.79 Å². The van der Waals surface area contributed by atoms with Crippen molar-refractivity contribution >= 4 is 5.91 Å². The van der Waals surface area contributed by atoms with Crippen molar-refractivity contribution in [3.63, 3.8) is 0 Å². The molecule has 2 aliphatic heterocycles. The minimum Gasteiger partial charge on any atom is -0.475 e. The largest absolute Gasteiger partial charge is 0.475 e. The molecule has 1 aromatic carbocycles. The maximum absolute atomic E-state index is 13.7. The molecule has 0 bridgehead atoms. The number of pyridine rings is 1. The molecule has 2 fully saturated rings. The predicted octanol–water partition coefficient (Wildman–Crippen LogP) is 2.40. The summed E-state index contributed by atoms with van der Waals surface area (Å²) in [6, 6.07) is 11.5. The van der Waals surface area contributed by atoms with E-state index in [0.29, 0.717) is 37.4 Å². The number of ether oxygens (including phenoxy) is 2. The van der Waals surface area contributed by atoms with Crippen LogP contribution in [0.25, 0.3) is 0 Å². The number of halogens is 1. The second kappa shape index (κ2) is 6.97. The van der Waals surface area contributed by atoms with Gasteiger partial charge in [-0.1, -0.05) is 6.07 Å². The number of nitriles is 1. The molecule has 2 saturated heterocycles. The van der Waals surface area contributed by atoms with Gasteiger partial charge >= 0.3 is 0 Å². The Morgan fingerprint density at radius 3 is 3.04 bits per heavy atom. The monoisotopic (exact) mass is 367 g/mol. The lowest BCUT2D eigenvalue weighted by atomic mass is 9.81. The zero-order chi connectivity index (χ0) is 18.9. The lowest BCUT2D eigenvalue weighted by molar-refractivity contribution is -0.122. The van der Waals surface area contributed by atoms with E-state index in [1.54, 1.807) is 29.2 Å². The molecular weight excluding hydrogens is 349 g/mol. The number of carbonyl (C=O) groups is 1. The first-order chi connectivity index (χ1) is 13.1. The molecule has 27 heavy (non-hydrogen) atoms. The number of nitrogens with zero attached hydrogens (tertiary/aromatic N) is 3. The van der Waals surface area contributed by atoms with Gasteiger partial charge < -0.3 is 14.4 Å². The van der Waals surface area contributed by atoms with Gasteiger partial charge in [-0.15, -0.1) is 0 Å². The Hall–Kier alpha value is -2.98. The zero-order valence-electron chi connectivity index (χ0n) is 14.6. The summed E-state index contributed by atoms with van der Waals surface area (Å²) in [5.41, 5.74) is 0.496. The van der Waals surface area contributed by atoms with Gasteiger partial charge in [0.25, 0.3) is 5.91 Å². The first-order valence-electron chi connectivity index (χ1n) is 8.78. The third-order valence-corrected chi connectivity index (χ3v) is 5.19. The maximum Gasteiger partial charge on any atom is 0.254 e. The van der Waals surface area contributed by atoms with Gasteiger partial charge in [-0.25, -0.2) is 9.37 Å². The molecule has 1 aromatic heterocycles. The van der Waals surface area contributed by atoms with E-state index < -0.39 is 11.4 Å². The van der Waals surface area contributed by atoms with Gasteiger partial charge in [-0.2, -0.15) is 5.26 Å². The molecule has 6 nitrogen and oxygen atoms in total. The lowest BCUT2D eigenvalue weighted by Gasteiger charge is -2.50. The molecule has 138 valence electrons. The van der Waals surface area contributed by atoms with Crippen molar-refractivity contribution in [1.29, 1.82) is 5.26 Å². The Morgan fingerprint density at radius 1 is 1.41 bits per heavy atom. The van der Waals surface area contributed by atoms with Crippen LogP contribution >= 0.6 is 0 Å². The molecule has 0 saturated carbocycles. The highest BCUT2D eigenvalue weighted by molar-refractivity contribution is 5.95. The van der Waals surface area contributed by atoms with Crippen LogP contribution in [0.5, 0.6) is 5.88 Å². The van der Waals surface area contributed by atoms with Crippen LogP contribution in [-0.2, 0) is 4.74 Å². The molecule has 7 heteroatoms. The van der Waals surface area contributed by atoms with Gasteiger partial charge in [0.2, 0.25) is 5.88 Å². The second-order valence-electron chi connectivity index (χ2n) is 6.85. The highest BCUT2D eigenvalue weighted by atomic mass is 19.1. The van der Waals surface area contributed by atoms with Crippen LogP contribution in [0.2, 0.25) is 0 Å². The number of amides is 1. The fourth-order valence-electron chi connectivity index (χ4n) is 3.67. The van der Waals surface area contributed by atoms with Gasteiger partial charge in [0.1, 0.15) is 5.60 Å². The quantitative estimate of drug-likeness (QED) is 0.830. The minimum atomic E-state index is -0.492. The highest BCUT2D eigenvalue weighted by Gasteiger charge is 2.54. The highest BCUT2D eigenvalue weighted by Crippen LogP contribution is 2.40. The molecule has 2 aromatic rings. The van der Waals surface area contributed by atoms with Crippen LogP contribution in [-0.4, -0.2) is 47.7 Å². The first kappa shape index (κ1) is 17.4. The van der Waals surface area contributed by atoms with E-state index in [1.807, 2.05) is 6.07 Å². The Kier molecular flexibility index (Phi) is 4.50. The molecular formula is C20H18FN3O3. The number of rotatable bonds is 4. The Morgan fingerprint density at radius 2 is 2.26 bits per heavy atom. The lowest BCUT2D eigenvalue weighted by Crippen LogP contribution is -2.66. The average molecular weight is 367 g/mol. The van der Waals surface area contributed by atoms with Crippen molar-refractivity contribution in [3.8, 4) is 11.9 Å². The first-order valence-corrected chi connectivity index (χ1v) is 8.78. The summed E-state index contributed by atoms with van der Waals surface area (Å²) in [6.45, 7) is 1.80.